The van der Waals surface area contributed by atoms with Crippen LogP contribution in [0.5, 0.6) is 0 Å². The molecule has 2 N–H and O–H groups in total. The molecule has 9 nitrogen and oxygen atoms in total. The molecule has 0 spiro atoms. The van der Waals surface area contributed by atoms with Crippen LogP contribution in [0.25, 0.3) is 0 Å². The molecule has 0 fully saturated rings. The van der Waals surface area contributed by atoms with Crippen molar-refractivity contribution in [2.24, 2.45) is 12.8 Å². The van der Waals surface area contributed by atoms with Gasteiger partial charge in [-0.1, -0.05) is 0 Å². The molecule has 0 atom stereocenters. The zero-order valence-electron chi connectivity index (χ0n) is 8.15. The summed E-state index contributed by atoms with van der Waals surface area (Å²) in [6.07, 6.45) is 0.978. The summed E-state index contributed by atoms with van der Waals surface area (Å²) in [5.41, 5.74) is 4.74. The van der Waals surface area contributed by atoms with E-state index >= 15 is 0 Å². The first kappa shape index (κ1) is 12.1. The maximum absolute atomic E-state index is 11.6. The van der Waals surface area contributed by atoms with E-state index in [-0.39, 0.29) is 0 Å². The van der Waals surface area contributed by atoms with Crippen LogP contribution < -0.4 is 5.73 Å². The number of imidazole rings is 1. The molecule has 0 aliphatic heterocycles. The van der Waals surface area contributed by atoms with Crippen molar-refractivity contribution in [2.45, 2.75) is 5.03 Å². The zero-order valence-corrected chi connectivity index (χ0v) is 8.97. The summed E-state index contributed by atoms with van der Waals surface area (Å²) in [6.45, 7) is 0. The van der Waals surface area contributed by atoms with Crippen LogP contribution in [-0.4, -0.2) is 34.6 Å². The number of carbonyl (C=O) groups is 1. The molecule has 1 aromatic rings. The van der Waals surface area contributed by atoms with Crippen LogP contribution in [0.1, 0.15) is 0 Å². The molecule has 1 amide bonds. The monoisotopic (exact) mass is 248 g/mol. The first-order valence-corrected chi connectivity index (χ1v) is 5.57. The van der Waals surface area contributed by atoms with Gasteiger partial charge in [-0.15, -0.1) is 0 Å². The predicted molar refractivity (Wildman–Crippen MR) is 51.1 cm³/mol. The molecule has 1 aromatic heterocycles. The number of aryl methyl sites for hydroxylation is 1. The minimum Gasteiger partial charge on any atom is -0.369 e. The summed E-state index contributed by atoms with van der Waals surface area (Å²) >= 11 is 0. The number of nitro groups is 1. The minimum atomic E-state index is -4.14. The van der Waals surface area contributed by atoms with Crippen LogP contribution in [0.4, 0.5) is 5.82 Å². The molecule has 0 saturated heterocycles. The van der Waals surface area contributed by atoms with Crippen molar-refractivity contribution < 1.29 is 18.1 Å². The van der Waals surface area contributed by atoms with Crippen molar-refractivity contribution in [1.29, 1.82) is 0 Å². The van der Waals surface area contributed by atoms with Crippen LogP contribution in [0.15, 0.2) is 11.4 Å². The van der Waals surface area contributed by atoms with Gasteiger partial charge >= 0.3 is 5.82 Å². The molecule has 0 aliphatic rings. The standard InChI is InChI=1S/C6H8N4O5S/c1-9-3-8-5(10(12)13)6(9)16(14,15)2-4(7)11/h3H,2H2,1H3,(H2,7,11). The minimum absolute atomic E-state index is 0.628. The summed E-state index contributed by atoms with van der Waals surface area (Å²) in [7, 11) is -2.87. The van der Waals surface area contributed by atoms with E-state index in [2.05, 4.69) is 4.98 Å². The second-order valence-electron chi connectivity index (χ2n) is 2.97. The van der Waals surface area contributed by atoms with Crippen molar-refractivity contribution in [3.05, 3.63) is 16.4 Å². The fourth-order valence-corrected chi connectivity index (χ4v) is 2.55. The molecule has 16 heavy (non-hydrogen) atoms. The predicted octanol–water partition coefficient (Wildman–Crippen LogP) is -1.41. The van der Waals surface area contributed by atoms with Gasteiger partial charge in [0.15, 0.2) is 0 Å². The van der Waals surface area contributed by atoms with E-state index in [9.17, 15) is 23.3 Å². The molecule has 10 heteroatoms. The smallest absolute Gasteiger partial charge is 0.369 e. The molecule has 0 bridgehead atoms. The van der Waals surface area contributed by atoms with Gasteiger partial charge in [-0.05, 0) is 9.91 Å². The van der Waals surface area contributed by atoms with Gasteiger partial charge in [0.25, 0.3) is 0 Å². The van der Waals surface area contributed by atoms with E-state index in [1.165, 1.54) is 7.05 Å². The summed E-state index contributed by atoms with van der Waals surface area (Å²) in [5, 5.41) is 9.89. The Balaban J connectivity index is 3.37. The van der Waals surface area contributed by atoms with Crippen LogP contribution in [0.3, 0.4) is 0 Å². The van der Waals surface area contributed by atoms with Crippen molar-refractivity contribution in [3.63, 3.8) is 0 Å². The Morgan fingerprint density at radius 1 is 1.69 bits per heavy atom. The first-order valence-electron chi connectivity index (χ1n) is 3.92. The molecule has 0 radical (unpaired) electrons. The van der Waals surface area contributed by atoms with E-state index in [0.717, 1.165) is 10.9 Å². The van der Waals surface area contributed by atoms with Crippen molar-refractivity contribution in [1.82, 2.24) is 9.55 Å². The van der Waals surface area contributed by atoms with Gasteiger partial charge < -0.3 is 15.8 Å². The van der Waals surface area contributed by atoms with Gasteiger partial charge in [0.1, 0.15) is 5.75 Å². The fourth-order valence-electron chi connectivity index (χ4n) is 1.15. The van der Waals surface area contributed by atoms with Crippen LogP contribution in [0.2, 0.25) is 0 Å². The summed E-state index contributed by atoms with van der Waals surface area (Å²) in [4.78, 5) is 23.4. The summed E-state index contributed by atoms with van der Waals surface area (Å²) < 4.78 is 24.1. The number of rotatable bonds is 4. The van der Waals surface area contributed by atoms with Crippen LogP contribution in [-0.2, 0) is 21.7 Å². The average Bonchev–Trinajstić information content (AvgIpc) is 2.44. The number of amides is 1. The Morgan fingerprint density at radius 2 is 2.25 bits per heavy atom. The van der Waals surface area contributed by atoms with Gasteiger partial charge in [0, 0.05) is 7.05 Å². The quantitative estimate of drug-likeness (QED) is 0.513. The Hall–Kier alpha value is -1.97. The molecule has 0 aromatic carbocycles. The van der Waals surface area contributed by atoms with Crippen molar-refractivity contribution >= 4 is 21.6 Å². The molecule has 1 heterocycles. The van der Waals surface area contributed by atoms with Gasteiger partial charge in [-0.25, -0.2) is 8.42 Å². The highest BCUT2D eigenvalue weighted by atomic mass is 32.2. The third-order valence-electron chi connectivity index (χ3n) is 1.66. The first-order chi connectivity index (χ1) is 7.25. The summed E-state index contributed by atoms with van der Waals surface area (Å²) in [5.74, 6) is -2.90. The number of aromatic nitrogens is 2. The lowest BCUT2D eigenvalue weighted by Gasteiger charge is -2.01. The largest absolute Gasteiger partial charge is 0.401 e. The van der Waals surface area contributed by atoms with E-state index < -0.39 is 37.3 Å². The number of nitrogens with two attached hydrogens (primary N) is 1. The highest BCUT2D eigenvalue weighted by molar-refractivity contribution is 7.92. The molecule has 0 unspecified atom stereocenters. The van der Waals surface area contributed by atoms with Gasteiger partial charge in [-0.2, -0.15) is 0 Å². The Bertz CT molecular complexity index is 545. The second kappa shape index (κ2) is 3.89. The number of carbonyl (C=O) groups excluding carboxylic acids is 1. The SMILES string of the molecule is Cn1cnc([N+](=O)[O-])c1S(=O)(=O)CC(N)=O. The lowest BCUT2D eigenvalue weighted by Crippen LogP contribution is -2.25. The highest BCUT2D eigenvalue weighted by Crippen LogP contribution is 2.21. The topological polar surface area (TPSA) is 138 Å². The maximum Gasteiger partial charge on any atom is 0.401 e. The number of hydrogen-bond acceptors (Lipinski definition) is 6. The molecular weight excluding hydrogens is 240 g/mol. The molecule has 88 valence electrons. The van der Waals surface area contributed by atoms with Crippen LogP contribution in [0, 0.1) is 10.1 Å². The number of hydrogen-bond donors (Lipinski definition) is 1. The summed E-state index contributed by atoms with van der Waals surface area (Å²) in [6, 6.07) is 0. The lowest BCUT2D eigenvalue weighted by atomic mass is 10.7. The Morgan fingerprint density at radius 3 is 2.69 bits per heavy atom. The van der Waals surface area contributed by atoms with E-state index in [4.69, 9.17) is 5.73 Å². The second-order valence-corrected chi connectivity index (χ2v) is 4.87. The van der Waals surface area contributed by atoms with Crippen LogP contribution >= 0.6 is 0 Å². The van der Waals surface area contributed by atoms with Crippen molar-refractivity contribution in [3.8, 4) is 0 Å². The number of primary amides is 1. The van der Waals surface area contributed by atoms with Gasteiger partial charge in [-0.3, -0.25) is 9.36 Å². The fraction of sp³-hybridized carbons (Fsp3) is 0.333. The zero-order chi connectivity index (χ0) is 12.5. The van der Waals surface area contributed by atoms with Gasteiger partial charge in [0.2, 0.25) is 27.1 Å². The Labute approximate surface area is 89.9 Å². The molecule has 1 rings (SSSR count). The third kappa shape index (κ3) is 2.16. The Kier molecular flexibility index (Phi) is 2.94. The van der Waals surface area contributed by atoms with E-state index in [1.807, 2.05) is 0 Å². The van der Waals surface area contributed by atoms with E-state index in [0.29, 0.717) is 0 Å². The number of sulfone groups is 1. The van der Waals surface area contributed by atoms with Crippen molar-refractivity contribution in [2.75, 3.05) is 5.75 Å². The normalized spacial score (nSPS) is 11.3. The lowest BCUT2D eigenvalue weighted by molar-refractivity contribution is -0.392. The maximum atomic E-state index is 11.6. The molecule has 0 aliphatic carbocycles. The third-order valence-corrected chi connectivity index (χ3v) is 3.39. The van der Waals surface area contributed by atoms with Gasteiger partial charge in [0.05, 0.1) is 0 Å². The average molecular weight is 248 g/mol. The molecular formula is C6H8N4O5S. The molecule has 0 saturated carbocycles. The van der Waals surface area contributed by atoms with E-state index in [1.54, 1.807) is 0 Å². The highest BCUT2D eigenvalue weighted by Gasteiger charge is 2.32. The number of nitrogens with zero attached hydrogens (tertiary/aromatic N) is 3.